The highest BCUT2D eigenvalue weighted by atomic mass is 16.4. The number of hydrogen-bond donors (Lipinski definition) is 2. The fraction of sp³-hybridized carbons (Fsp3) is 0.625. The first-order chi connectivity index (χ1) is 6.52. The zero-order valence-corrected chi connectivity index (χ0v) is 7.47. The van der Waals surface area contributed by atoms with Crippen LogP contribution in [0.2, 0.25) is 0 Å². The number of carbonyl (C=O) groups excluding carboxylic acids is 1. The number of nitrogens with zero attached hydrogens (tertiary/aromatic N) is 1. The number of rotatable bonds is 1. The van der Waals surface area contributed by atoms with Crippen LogP contribution in [0.25, 0.3) is 0 Å². The fourth-order valence-corrected chi connectivity index (χ4v) is 1.46. The highest BCUT2D eigenvalue weighted by Gasteiger charge is 2.29. The summed E-state index contributed by atoms with van der Waals surface area (Å²) in [5.74, 6) is -3.77. The van der Waals surface area contributed by atoms with Crippen molar-refractivity contribution < 1.29 is 24.6 Å². The molecule has 1 heterocycles. The van der Waals surface area contributed by atoms with Gasteiger partial charge in [-0.25, -0.2) is 4.79 Å². The van der Waals surface area contributed by atoms with E-state index in [1.807, 2.05) is 0 Å². The number of amides is 1. The predicted octanol–water partition coefficient (Wildman–Crippen LogP) is -0.606. The highest BCUT2D eigenvalue weighted by molar-refractivity contribution is 6.31. The van der Waals surface area contributed by atoms with E-state index in [9.17, 15) is 14.4 Å². The zero-order chi connectivity index (χ0) is 10.7. The molecule has 0 aromatic rings. The first-order valence-electron chi connectivity index (χ1n) is 4.27. The lowest BCUT2D eigenvalue weighted by molar-refractivity contribution is -0.157. The third-order valence-corrected chi connectivity index (χ3v) is 2.31. The molecule has 78 valence electrons. The smallest absolute Gasteiger partial charge is 0.394 e. The Morgan fingerprint density at radius 1 is 1.07 bits per heavy atom. The minimum atomic E-state index is -1.49. The summed E-state index contributed by atoms with van der Waals surface area (Å²) in [5.41, 5.74) is 0. The lowest BCUT2D eigenvalue weighted by Gasteiger charge is -2.28. The van der Waals surface area contributed by atoms with Crippen LogP contribution in [0.5, 0.6) is 0 Å². The van der Waals surface area contributed by atoms with Crippen molar-refractivity contribution >= 4 is 17.8 Å². The molecule has 0 spiro atoms. The molecule has 1 amide bonds. The van der Waals surface area contributed by atoms with Crippen molar-refractivity contribution in [3.63, 3.8) is 0 Å². The first-order valence-corrected chi connectivity index (χ1v) is 4.27. The Kier molecular flexibility index (Phi) is 3.06. The number of carboxylic acid groups (broad SMARTS) is 2. The summed E-state index contributed by atoms with van der Waals surface area (Å²) in [6.07, 6.45) is 0.655. The van der Waals surface area contributed by atoms with Gasteiger partial charge in [0.15, 0.2) is 0 Å². The van der Waals surface area contributed by atoms with Gasteiger partial charge in [0, 0.05) is 13.1 Å². The van der Waals surface area contributed by atoms with E-state index in [2.05, 4.69) is 0 Å². The summed E-state index contributed by atoms with van der Waals surface area (Å²) >= 11 is 0. The van der Waals surface area contributed by atoms with Gasteiger partial charge >= 0.3 is 17.8 Å². The van der Waals surface area contributed by atoms with Crippen molar-refractivity contribution in [1.82, 2.24) is 4.90 Å². The average Bonchev–Trinajstić information content (AvgIpc) is 2.16. The monoisotopic (exact) mass is 201 g/mol. The van der Waals surface area contributed by atoms with Gasteiger partial charge in [-0.3, -0.25) is 9.59 Å². The molecule has 0 radical (unpaired) electrons. The molecule has 0 unspecified atom stereocenters. The zero-order valence-electron chi connectivity index (χ0n) is 7.47. The summed E-state index contributed by atoms with van der Waals surface area (Å²) < 4.78 is 0. The second-order valence-electron chi connectivity index (χ2n) is 3.21. The molecule has 0 aliphatic carbocycles. The summed E-state index contributed by atoms with van der Waals surface area (Å²) in [7, 11) is 0. The molecule has 0 saturated carbocycles. The van der Waals surface area contributed by atoms with E-state index in [4.69, 9.17) is 10.2 Å². The maximum absolute atomic E-state index is 11.0. The van der Waals surface area contributed by atoms with Gasteiger partial charge in [-0.05, 0) is 12.8 Å². The van der Waals surface area contributed by atoms with Crippen LogP contribution in [0.4, 0.5) is 0 Å². The van der Waals surface area contributed by atoms with E-state index < -0.39 is 23.8 Å². The Morgan fingerprint density at radius 2 is 1.57 bits per heavy atom. The van der Waals surface area contributed by atoms with Gasteiger partial charge in [0.1, 0.15) is 0 Å². The first kappa shape index (κ1) is 10.5. The summed E-state index contributed by atoms with van der Waals surface area (Å²) in [6.45, 7) is 0.421. The summed E-state index contributed by atoms with van der Waals surface area (Å²) in [6, 6.07) is 0. The molecule has 0 aromatic carbocycles. The van der Waals surface area contributed by atoms with Crippen LogP contribution >= 0.6 is 0 Å². The van der Waals surface area contributed by atoms with E-state index in [0.29, 0.717) is 12.8 Å². The quantitative estimate of drug-likeness (QED) is 0.552. The number of hydrogen-bond acceptors (Lipinski definition) is 3. The van der Waals surface area contributed by atoms with E-state index in [-0.39, 0.29) is 13.1 Å². The van der Waals surface area contributed by atoms with Crippen molar-refractivity contribution in [3.05, 3.63) is 0 Å². The van der Waals surface area contributed by atoms with E-state index >= 15 is 0 Å². The van der Waals surface area contributed by atoms with Gasteiger partial charge in [0.05, 0.1) is 5.92 Å². The second kappa shape index (κ2) is 4.08. The van der Waals surface area contributed by atoms with E-state index in [1.54, 1.807) is 0 Å². The molecule has 0 aromatic heterocycles. The Hall–Kier alpha value is -1.59. The molecule has 14 heavy (non-hydrogen) atoms. The van der Waals surface area contributed by atoms with Crippen molar-refractivity contribution in [3.8, 4) is 0 Å². The number of carbonyl (C=O) groups is 3. The van der Waals surface area contributed by atoms with Crippen LogP contribution in [-0.2, 0) is 14.4 Å². The standard InChI is InChI=1S/C8H11NO5/c10-6(8(13)14)9-3-1-5(2-4-9)7(11)12/h5H,1-4H2,(H,11,12)(H,13,14). The van der Waals surface area contributed by atoms with Crippen LogP contribution in [0.3, 0.4) is 0 Å². The molecule has 1 fully saturated rings. The Morgan fingerprint density at radius 3 is 1.93 bits per heavy atom. The Balaban J connectivity index is 2.47. The van der Waals surface area contributed by atoms with Crippen LogP contribution in [-0.4, -0.2) is 46.0 Å². The molecule has 1 rings (SSSR count). The van der Waals surface area contributed by atoms with Crippen molar-refractivity contribution in [2.45, 2.75) is 12.8 Å². The molecule has 0 atom stereocenters. The average molecular weight is 201 g/mol. The van der Waals surface area contributed by atoms with Gasteiger partial charge in [0.2, 0.25) is 0 Å². The number of carboxylic acids is 2. The van der Waals surface area contributed by atoms with Gasteiger partial charge in [-0.2, -0.15) is 0 Å². The topological polar surface area (TPSA) is 94.9 Å². The predicted molar refractivity (Wildman–Crippen MR) is 44.6 cm³/mol. The molecule has 1 saturated heterocycles. The van der Waals surface area contributed by atoms with Gasteiger partial charge in [-0.1, -0.05) is 0 Å². The minimum absolute atomic E-state index is 0.210. The lowest BCUT2D eigenvalue weighted by Crippen LogP contribution is -2.43. The van der Waals surface area contributed by atoms with Crippen LogP contribution in [0.1, 0.15) is 12.8 Å². The van der Waals surface area contributed by atoms with Gasteiger partial charge in [-0.15, -0.1) is 0 Å². The maximum Gasteiger partial charge on any atom is 0.394 e. The number of aliphatic carboxylic acids is 2. The van der Waals surface area contributed by atoms with E-state index in [1.165, 1.54) is 4.90 Å². The third kappa shape index (κ3) is 2.21. The third-order valence-electron chi connectivity index (χ3n) is 2.31. The SMILES string of the molecule is O=C(O)C(=O)N1CCC(C(=O)O)CC1. The molecule has 6 heteroatoms. The fourth-order valence-electron chi connectivity index (χ4n) is 1.46. The lowest BCUT2D eigenvalue weighted by atomic mass is 9.97. The van der Waals surface area contributed by atoms with Crippen molar-refractivity contribution in [1.29, 1.82) is 0 Å². The molecule has 1 aliphatic heterocycles. The summed E-state index contributed by atoms with van der Waals surface area (Å²) in [4.78, 5) is 33.0. The van der Waals surface area contributed by atoms with Gasteiger partial charge in [0.25, 0.3) is 0 Å². The molecule has 2 N–H and O–H groups in total. The van der Waals surface area contributed by atoms with Crippen molar-refractivity contribution in [2.24, 2.45) is 5.92 Å². The Bertz CT molecular complexity index is 267. The maximum atomic E-state index is 11.0. The van der Waals surface area contributed by atoms with E-state index in [0.717, 1.165) is 0 Å². The molecular weight excluding hydrogens is 190 g/mol. The highest BCUT2D eigenvalue weighted by Crippen LogP contribution is 2.17. The van der Waals surface area contributed by atoms with Crippen LogP contribution in [0.15, 0.2) is 0 Å². The Labute approximate surface area is 80.1 Å². The molecule has 1 aliphatic rings. The van der Waals surface area contributed by atoms with Crippen molar-refractivity contribution in [2.75, 3.05) is 13.1 Å². The molecule has 6 nitrogen and oxygen atoms in total. The minimum Gasteiger partial charge on any atom is -0.481 e. The van der Waals surface area contributed by atoms with Gasteiger partial charge < -0.3 is 15.1 Å². The molecule has 0 bridgehead atoms. The largest absolute Gasteiger partial charge is 0.481 e. The second-order valence-corrected chi connectivity index (χ2v) is 3.21. The molecular formula is C8H11NO5. The van der Waals surface area contributed by atoms with Crippen LogP contribution in [0, 0.1) is 5.92 Å². The number of likely N-dealkylation sites (tertiary alicyclic amines) is 1. The summed E-state index contributed by atoms with van der Waals surface area (Å²) in [5, 5.41) is 17.1. The normalized spacial score (nSPS) is 17.9. The van der Waals surface area contributed by atoms with Crippen LogP contribution < -0.4 is 0 Å². The number of piperidine rings is 1.